The summed E-state index contributed by atoms with van der Waals surface area (Å²) in [6.45, 7) is 1.92. The predicted octanol–water partition coefficient (Wildman–Crippen LogP) is 3.20. The van der Waals surface area contributed by atoms with E-state index in [-0.39, 0.29) is 0 Å². The monoisotopic (exact) mass is 271 g/mol. The van der Waals surface area contributed by atoms with E-state index in [0.29, 0.717) is 5.15 Å². The number of pyridine rings is 1. The summed E-state index contributed by atoms with van der Waals surface area (Å²) >= 11 is 9.25. The molecule has 0 saturated heterocycles. The summed E-state index contributed by atoms with van der Waals surface area (Å²) in [6, 6.07) is 1.98. The molecule has 0 fully saturated rings. The molecule has 0 spiro atoms. The van der Waals surface area contributed by atoms with Gasteiger partial charge in [-0.1, -0.05) is 11.6 Å². The van der Waals surface area contributed by atoms with Crippen LogP contribution in [0.5, 0.6) is 0 Å². The molecule has 0 saturated carbocycles. The predicted molar refractivity (Wildman–Crippen MR) is 59.3 cm³/mol. The molecular weight excluding hydrogens is 265 g/mol. The molecule has 3 nitrogen and oxygen atoms in total. The second kappa shape index (κ2) is 3.71. The fourth-order valence-electron chi connectivity index (χ4n) is 1.17. The van der Waals surface area contributed by atoms with Crippen LogP contribution in [-0.4, -0.2) is 15.2 Å². The normalized spacial score (nSPS) is 10.5. The molecule has 0 amide bonds. The first-order chi connectivity index (χ1) is 6.68. The maximum absolute atomic E-state index is 5.88. The summed E-state index contributed by atoms with van der Waals surface area (Å²) in [5, 5.41) is 7.16. The van der Waals surface area contributed by atoms with Crippen molar-refractivity contribution in [2.24, 2.45) is 0 Å². The first-order valence-corrected chi connectivity index (χ1v) is 5.17. The van der Waals surface area contributed by atoms with E-state index in [1.807, 2.05) is 19.2 Å². The molecule has 1 N–H and O–H groups in total. The number of nitrogens with zero attached hydrogens (tertiary/aromatic N) is 2. The molecule has 0 aliphatic carbocycles. The van der Waals surface area contributed by atoms with Crippen molar-refractivity contribution < 1.29 is 0 Å². The van der Waals surface area contributed by atoms with E-state index in [0.717, 1.165) is 21.3 Å². The molecular formula is C9H7BrClN3. The van der Waals surface area contributed by atoms with Crippen LogP contribution in [0.15, 0.2) is 23.1 Å². The van der Waals surface area contributed by atoms with Crippen LogP contribution in [0.25, 0.3) is 11.1 Å². The van der Waals surface area contributed by atoms with Crippen molar-refractivity contribution >= 4 is 27.5 Å². The van der Waals surface area contributed by atoms with Gasteiger partial charge >= 0.3 is 0 Å². The van der Waals surface area contributed by atoms with Gasteiger partial charge in [-0.2, -0.15) is 5.10 Å². The maximum Gasteiger partial charge on any atom is 0.133 e. The van der Waals surface area contributed by atoms with E-state index < -0.39 is 0 Å². The Hall–Kier alpha value is -0.870. The van der Waals surface area contributed by atoms with Crippen molar-refractivity contribution in [1.29, 1.82) is 0 Å². The van der Waals surface area contributed by atoms with Gasteiger partial charge in [-0.15, -0.1) is 0 Å². The lowest BCUT2D eigenvalue weighted by Gasteiger charge is -2.03. The number of aromatic amines is 1. The number of aryl methyl sites for hydroxylation is 1. The summed E-state index contributed by atoms with van der Waals surface area (Å²) < 4.78 is 0.731. The lowest BCUT2D eigenvalue weighted by Crippen LogP contribution is -1.87. The van der Waals surface area contributed by atoms with E-state index in [4.69, 9.17) is 11.6 Å². The smallest absolute Gasteiger partial charge is 0.133 e. The number of rotatable bonds is 1. The van der Waals surface area contributed by atoms with Crippen LogP contribution in [-0.2, 0) is 0 Å². The lowest BCUT2D eigenvalue weighted by atomic mass is 10.1. The van der Waals surface area contributed by atoms with E-state index in [1.165, 1.54) is 0 Å². The van der Waals surface area contributed by atoms with Crippen molar-refractivity contribution in [3.63, 3.8) is 0 Å². The highest BCUT2D eigenvalue weighted by Gasteiger charge is 2.08. The molecule has 14 heavy (non-hydrogen) atoms. The Bertz CT molecular complexity index is 453. The van der Waals surface area contributed by atoms with Gasteiger partial charge < -0.3 is 0 Å². The molecule has 0 atom stereocenters. The highest BCUT2D eigenvalue weighted by Crippen LogP contribution is 2.29. The standard InChI is InChI=1S/C9H7BrClN3/c1-5-2-7(6-3-12-13-4-6)8(10)14-9(5)11/h2-4H,1H3,(H,12,13). The zero-order valence-corrected chi connectivity index (χ0v) is 9.72. The molecule has 2 heterocycles. The number of halogens is 2. The Morgan fingerprint density at radius 2 is 2.29 bits per heavy atom. The van der Waals surface area contributed by atoms with Crippen molar-refractivity contribution in [3.8, 4) is 11.1 Å². The number of aromatic nitrogens is 3. The first kappa shape index (κ1) is 9.68. The highest BCUT2D eigenvalue weighted by molar-refractivity contribution is 9.10. The third kappa shape index (κ3) is 1.67. The summed E-state index contributed by atoms with van der Waals surface area (Å²) in [5.74, 6) is 0. The first-order valence-electron chi connectivity index (χ1n) is 4.00. The van der Waals surface area contributed by atoms with E-state index in [1.54, 1.807) is 6.20 Å². The van der Waals surface area contributed by atoms with Gasteiger partial charge in [-0.05, 0) is 34.5 Å². The molecule has 2 aromatic rings. The van der Waals surface area contributed by atoms with Crippen LogP contribution in [0, 0.1) is 6.92 Å². The van der Waals surface area contributed by atoms with Gasteiger partial charge in [0.1, 0.15) is 9.76 Å². The quantitative estimate of drug-likeness (QED) is 0.810. The third-order valence-corrected chi connectivity index (χ3v) is 2.90. The van der Waals surface area contributed by atoms with Gasteiger partial charge in [-0.25, -0.2) is 4.98 Å². The largest absolute Gasteiger partial charge is 0.285 e. The number of hydrogen-bond donors (Lipinski definition) is 1. The SMILES string of the molecule is Cc1cc(-c2cn[nH]c2)c(Br)nc1Cl. The van der Waals surface area contributed by atoms with Crippen LogP contribution in [0.2, 0.25) is 5.15 Å². The van der Waals surface area contributed by atoms with Crippen LogP contribution < -0.4 is 0 Å². The second-order valence-corrected chi connectivity index (χ2v) is 4.03. The Labute approximate surface area is 94.6 Å². The Morgan fingerprint density at radius 1 is 1.50 bits per heavy atom. The van der Waals surface area contributed by atoms with Crippen LogP contribution in [0.1, 0.15) is 5.56 Å². The Morgan fingerprint density at radius 3 is 2.93 bits per heavy atom. The van der Waals surface area contributed by atoms with Crippen LogP contribution >= 0.6 is 27.5 Å². The van der Waals surface area contributed by atoms with Gasteiger partial charge in [0.25, 0.3) is 0 Å². The summed E-state index contributed by atoms with van der Waals surface area (Å²) in [6.07, 6.45) is 3.56. The summed E-state index contributed by atoms with van der Waals surface area (Å²) in [5.41, 5.74) is 2.93. The number of nitrogens with one attached hydrogen (secondary N) is 1. The topological polar surface area (TPSA) is 41.6 Å². The molecule has 0 aromatic carbocycles. The third-order valence-electron chi connectivity index (χ3n) is 1.91. The molecule has 0 aliphatic rings. The van der Waals surface area contributed by atoms with E-state index in [2.05, 4.69) is 31.1 Å². The molecule has 0 radical (unpaired) electrons. The number of H-pyrrole nitrogens is 1. The zero-order valence-electron chi connectivity index (χ0n) is 7.38. The van der Waals surface area contributed by atoms with Gasteiger partial charge in [0.05, 0.1) is 6.20 Å². The Balaban J connectivity index is 2.60. The van der Waals surface area contributed by atoms with Gasteiger partial charge in [0, 0.05) is 17.3 Å². The second-order valence-electron chi connectivity index (χ2n) is 2.92. The minimum atomic E-state index is 0.518. The Kier molecular flexibility index (Phi) is 2.56. The van der Waals surface area contributed by atoms with Crippen LogP contribution in [0.4, 0.5) is 0 Å². The highest BCUT2D eigenvalue weighted by atomic mass is 79.9. The summed E-state index contributed by atoms with van der Waals surface area (Å²) in [4.78, 5) is 4.17. The zero-order chi connectivity index (χ0) is 10.1. The fourth-order valence-corrected chi connectivity index (χ4v) is 1.93. The van der Waals surface area contributed by atoms with Gasteiger partial charge in [0.15, 0.2) is 0 Å². The molecule has 0 unspecified atom stereocenters. The van der Waals surface area contributed by atoms with Gasteiger partial charge in [0.2, 0.25) is 0 Å². The lowest BCUT2D eigenvalue weighted by molar-refractivity contribution is 1.09. The average molecular weight is 273 g/mol. The maximum atomic E-state index is 5.88. The average Bonchev–Trinajstić information content (AvgIpc) is 2.64. The molecule has 2 aromatic heterocycles. The van der Waals surface area contributed by atoms with E-state index >= 15 is 0 Å². The van der Waals surface area contributed by atoms with Crippen LogP contribution in [0.3, 0.4) is 0 Å². The van der Waals surface area contributed by atoms with E-state index in [9.17, 15) is 0 Å². The minimum absolute atomic E-state index is 0.518. The van der Waals surface area contributed by atoms with Crippen molar-refractivity contribution in [2.45, 2.75) is 6.92 Å². The van der Waals surface area contributed by atoms with Crippen molar-refractivity contribution in [2.75, 3.05) is 0 Å². The number of hydrogen-bond acceptors (Lipinski definition) is 2. The van der Waals surface area contributed by atoms with Crippen molar-refractivity contribution in [3.05, 3.63) is 33.8 Å². The minimum Gasteiger partial charge on any atom is -0.285 e. The summed E-state index contributed by atoms with van der Waals surface area (Å²) in [7, 11) is 0. The molecule has 5 heteroatoms. The fraction of sp³-hybridized carbons (Fsp3) is 0.111. The molecule has 2 rings (SSSR count). The van der Waals surface area contributed by atoms with Crippen molar-refractivity contribution in [1.82, 2.24) is 15.2 Å². The molecule has 0 aliphatic heterocycles. The van der Waals surface area contributed by atoms with Gasteiger partial charge in [-0.3, -0.25) is 5.10 Å². The molecule has 0 bridgehead atoms. The molecule has 72 valence electrons.